The molecule has 1 aliphatic heterocycles. The van der Waals surface area contributed by atoms with Crippen LogP contribution in [-0.4, -0.2) is 40.2 Å². The Kier molecular flexibility index (Phi) is 5.27. The SMILES string of the molecule is Cc1nn(CC(C)C)c(Cl)c1CN(C)C1CCC(=O)NC1. The molecule has 0 saturated carbocycles. The van der Waals surface area contributed by atoms with Crippen LogP contribution in [0, 0.1) is 12.8 Å². The standard InChI is InChI=1S/C15H25ClN4O/c1-10(2)8-20-15(16)13(11(3)18-20)9-19(4)12-5-6-14(21)17-7-12/h10,12H,5-9H2,1-4H3,(H,17,21). The van der Waals surface area contributed by atoms with E-state index in [4.69, 9.17) is 11.6 Å². The zero-order valence-electron chi connectivity index (χ0n) is 13.3. The summed E-state index contributed by atoms with van der Waals surface area (Å²) in [7, 11) is 2.08. The molecule has 0 bridgehead atoms. The minimum atomic E-state index is 0.151. The van der Waals surface area contributed by atoms with Crippen LogP contribution in [0.2, 0.25) is 5.15 Å². The predicted octanol–water partition coefficient (Wildman–Crippen LogP) is 2.21. The topological polar surface area (TPSA) is 50.2 Å². The van der Waals surface area contributed by atoms with E-state index in [1.54, 1.807) is 0 Å². The van der Waals surface area contributed by atoms with Gasteiger partial charge in [0.05, 0.1) is 5.69 Å². The molecule has 1 N–H and O–H groups in total. The van der Waals surface area contributed by atoms with Gasteiger partial charge in [-0.1, -0.05) is 25.4 Å². The van der Waals surface area contributed by atoms with E-state index in [1.165, 1.54) is 0 Å². The Morgan fingerprint density at radius 2 is 2.24 bits per heavy atom. The minimum Gasteiger partial charge on any atom is -0.355 e. The Balaban J connectivity index is 2.05. The first-order valence-corrected chi connectivity index (χ1v) is 7.95. The molecule has 6 heteroatoms. The van der Waals surface area contributed by atoms with Crippen molar-refractivity contribution in [1.82, 2.24) is 20.0 Å². The van der Waals surface area contributed by atoms with Crippen molar-refractivity contribution in [2.24, 2.45) is 5.92 Å². The molecule has 1 aromatic heterocycles. The zero-order valence-corrected chi connectivity index (χ0v) is 14.1. The van der Waals surface area contributed by atoms with E-state index in [1.807, 2.05) is 11.6 Å². The molecule has 0 aromatic carbocycles. The van der Waals surface area contributed by atoms with Crippen LogP contribution in [-0.2, 0) is 17.9 Å². The smallest absolute Gasteiger partial charge is 0.220 e. The lowest BCUT2D eigenvalue weighted by Gasteiger charge is -2.31. The van der Waals surface area contributed by atoms with Gasteiger partial charge in [0.25, 0.3) is 0 Å². The highest BCUT2D eigenvalue weighted by Gasteiger charge is 2.24. The fourth-order valence-corrected chi connectivity index (χ4v) is 3.01. The van der Waals surface area contributed by atoms with Gasteiger partial charge >= 0.3 is 0 Å². The summed E-state index contributed by atoms with van der Waals surface area (Å²) in [4.78, 5) is 13.5. The Morgan fingerprint density at radius 3 is 2.81 bits per heavy atom. The van der Waals surface area contributed by atoms with Crippen LogP contribution in [0.25, 0.3) is 0 Å². The summed E-state index contributed by atoms with van der Waals surface area (Å²) >= 11 is 6.48. The van der Waals surface area contributed by atoms with E-state index < -0.39 is 0 Å². The quantitative estimate of drug-likeness (QED) is 0.907. The second-order valence-corrected chi connectivity index (χ2v) is 6.70. The summed E-state index contributed by atoms with van der Waals surface area (Å²) < 4.78 is 1.90. The van der Waals surface area contributed by atoms with Crippen molar-refractivity contribution in [2.75, 3.05) is 13.6 Å². The van der Waals surface area contributed by atoms with Gasteiger partial charge in [-0.3, -0.25) is 14.4 Å². The highest BCUT2D eigenvalue weighted by Crippen LogP contribution is 2.23. The molecular weight excluding hydrogens is 288 g/mol. The number of likely N-dealkylation sites (N-methyl/N-ethyl adjacent to an activating group) is 1. The maximum Gasteiger partial charge on any atom is 0.220 e. The summed E-state index contributed by atoms with van der Waals surface area (Å²) in [6.45, 7) is 8.64. The number of hydrogen-bond acceptors (Lipinski definition) is 3. The molecule has 0 aliphatic carbocycles. The number of aryl methyl sites for hydroxylation is 1. The molecular formula is C15H25ClN4O. The van der Waals surface area contributed by atoms with Crippen LogP contribution >= 0.6 is 11.6 Å². The van der Waals surface area contributed by atoms with Crippen LogP contribution in [0.3, 0.4) is 0 Å². The molecule has 0 radical (unpaired) electrons. The molecule has 0 spiro atoms. The Labute approximate surface area is 131 Å². The molecule has 1 fully saturated rings. The number of aromatic nitrogens is 2. The normalized spacial score (nSPS) is 19.4. The number of piperidine rings is 1. The highest BCUT2D eigenvalue weighted by molar-refractivity contribution is 6.30. The van der Waals surface area contributed by atoms with E-state index in [-0.39, 0.29) is 5.91 Å². The number of carbonyl (C=O) groups is 1. The van der Waals surface area contributed by atoms with Crippen molar-refractivity contribution in [3.8, 4) is 0 Å². The summed E-state index contributed by atoms with van der Waals surface area (Å²) in [6.07, 6.45) is 1.51. The molecule has 1 atom stereocenters. The van der Waals surface area contributed by atoms with Gasteiger partial charge < -0.3 is 5.32 Å². The molecule has 118 valence electrons. The summed E-state index contributed by atoms with van der Waals surface area (Å²) in [6, 6.07) is 0.367. The average molecular weight is 313 g/mol. The van der Waals surface area contributed by atoms with Gasteiger partial charge in [-0.15, -0.1) is 0 Å². The third-order valence-electron chi connectivity index (χ3n) is 3.99. The van der Waals surface area contributed by atoms with Crippen LogP contribution in [0.4, 0.5) is 0 Å². The molecule has 5 nitrogen and oxygen atoms in total. The van der Waals surface area contributed by atoms with E-state index >= 15 is 0 Å². The van der Waals surface area contributed by atoms with Crippen LogP contribution in [0.15, 0.2) is 0 Å². The van der Waals surface area contributed by atoms with Crippen molar-refractivity contribution in [3.05, 3.63) is 16.4 Å². The van der Waals surface area contributed by atoms with Crippen molar-refractivity contribution in [1.29, 1.82) is 0 Å². The maximum absolute atomic E-state index is 11.2. The lowest BCUT2D eigenvalue weighted by atomic mass is 10.1. The van der Waals surface area contributed by atoms with Crippen molar-refractivity contribution >= 4 is 17.5 Å². The molecule has 2 heterocycles. The number of rotatable bonds is 5. The molecule has 21 heavy (non-hydrogen) atoms. The third-order valence-corrected chi connectivity index (χ3v) is 4.41. The lowest BCUT2D eigenvalue weighted by molar-refractivity contribution is -0.123. The number of halogens is 1. The van der Waals surface area contributed by atoms with Crippen LogP contribution in [0.5, 0.6) is 0 Å². The van der Waals surface area contributed by atoms with Crippen LogP contribution in [0.1, 0.15) is 37.9 Å². The van der Waals surface area contributed by atoms with Gasteiger partial charge in [-0.05, 0) is 26.3 Å². The number of nitrogens with one attached hydrogen (secondary N) is 1. The second kappa shape index (κ2) is 6.79. The maximum atomic E-state index is 11.2. The largest absolute Gasteiger partial charge is 0.355 e. The van der Waals surface area contributed by atoms with Gasteiger partial charge in [0.15, 0.2) is 0 Å². The van der Waals surface area contributed by atoms with Gasteiger partial charge in [-0.2, -0.15) is 5.10 Å². The fraction of sp³-hybridized carbons (Fsp3) is 0.733. The first-order valence-electron chi connectivity index (χ1n) is 7.57. The van der Waals surface area contributed by atoms with E-state index in [9.17, 15) is 4.79 Å². The Hall–Kier alpha value is -1.07. The lowest BCUT2D eigenvalue weighted by Crippen LogP contribution is -2.46. The van der Waals surface area contributed by atoms with Crippen molar-refractivity contribution in [2.45, 2.75) is 52.7 Å². The number of nitrogens with zero attached hydrogens (tertiary/aromatic N) is 3. The van der Waals surface area contributed by atoms with Gasteiger partial charge in [0.2, 0.25) is 5.91 Å². The summed E-state index contributed by atoms with van der Waals surface area (Å²) in [5, 5.41) is 8.22. The van der Waals surface area contributed by atoms with Gasteiger partial charge in [0, 0.05) is 37.7 Å². The molecule has 1 aliphatic rings. The molecule has 1 saturated heterocycles. The van der Waals surface area contributed by atoms with E-state index in [0.29, 0.717) is 24.9 Å². The average Bonchev–Trinajstić information content (AvgIpc) is 2.66. The molecule has 1 aromatic rings. The number of hydrogen-bond donors (Lipinski definition) is 1. The molecule has 2 rings (SSSR count). The summed E-state index contributed by atoms with van der Waals surface area (Å²) in [5.41, 5.74) is 2.09. The Bertz CT molecular complexity index is 502. The molecule has 1 unspecified atom stereocenters. The fourth-order valence-electron chi connectivity index (χ4n) is 2.71. The van der Waals surface area contributed by atoms with Gasteiger partial charge in [0.1, 0.15) is 5.15 Å². The van der Waals surface area contributed by atoms with Crippen LogP contribution < -0.4 is 5.32 Å². The first kappa shape index (κ1) is 16.3. The Morgan fingerprint density at radius 1 is 1.52 bits per heavy atom. The molecule has 1 amide bonds. The van der Waals surface area contributed by atoms with Crippen molar-refractivity contribution in [3.63, 3.8) is 0 Å². The van der Waals surface area contributed by atoms with Gasteiger partial charge in [-0.25, -0.2) is 0 Å². The number of carbonyl (C=O) groups excluding carboxylic acids is 1. The van der Waals surface area contributed by atoms with Crippen molar-refractivity contribution < 1.29 is 4.79 Å². The van der Waals surface area contributed by atoms with E-state index in [2.05, 4.69) is 36.2 Å². The zero-order chi connectivity index (χ0) is 15.6. The number of amides is 1. The first-order chi connectivity index (χ1) is 9.88. The minimum absolute atomic E-state index is 0.151. The second-order valence-electron chi connectivity index (χ2n) is 6.34. The van der Waals surface area contributed by atoms with E-state index in [0.717, 1.165) is 35.9 Å². The third kappa shape index (κ3) is 3.98. The monoisotopic (exact) mass is 312 g/mol. The highest BCUT2D eigenvalue weighted by atomic mass is 35.5. The summed E-state index contributed by atoms with van der Waals surface area (Å²) in [5.74, 6) is 0.666. The predicted molar refractivity (Wildman–Crippen MR) is 84.3 cm³/mol.